The molecule has 0 aliphatic carbocycles. The van der Waals surface area contributed by atoms with Crippen molar-refractivity contribution < 1.29 is 26.7 Å². The van der Waals surface area contributed by atoms with E-state index in [-0.39, 0.29) is 30.0 Å². The summed E-state index contributed by atoms with van der Waals surface area (Å²) in [5.74, 6) is -2.96. The molecular formula is C14H14F2N2O4S2. The summed E-state index contributed by atoms with van der Waals surface area (Å²) in [6.07, 6.45) is 0.530. The van der Waals surface area contributed by atoms with Crippen LogP contribution in [0.4, 0.5) is 8.78 Å². The average Bonchev–Trinajstić information content (AvgIpc) is 2.77. The minimum atomic E-state index is -4.02. The third-order valence-electron chi connectivity index (χ3n) is 3.55. The molecule has 0 radical (unpaired) electrons. The van der Waals surface area contributed by atoms with Gasteiger partial charge in [-0.3, -0.25) is 4.79 Å². The van der Waals surface area contributed by atoms with Crippen molar-refractivity contribution in [3.05, 3.63) is 34.7 Å². The summed E-state index contributed by atoms with van der Waals surface area (Å²) in [5, 5.41) is -0.0503. The average molecular weight is 376 g/mol. The second-order valence-corrected chi connectivity index (χ2v) is 7.94. The molecule has 0 unspecified atom stereocenters. The van der Waals surface area contributed by atoms with Crippen molar-refractivity contribution in [2.45, 2.75) is 6.42 Å². The molecule has 1 aromatic carbocycles. The smallest absolute Gasteiger partial charge is 0.304 e. The monoisotopic (exact) mass is 376 g/mol. The SMILES string of the molecule is O=C(NS(=O)(=O)N1CCCOCC1)c1cc2c(F)c(F)ccc2s1. The van der Waals surface area contributed by atoms with Gasteiger partial charge in [0.1, 0.15) is 0 Å². The van der Waals surface area contributed by atoms with Crippen LogP contribution in [-0.4, -0.2) is 44.9 Å². The summed E-state index contributed by atoms with van der Waals surface area (Å²) in [5.41, 5.74) is 0. The van der Waals surface area contributed by atoms with Crippen molar-refractivity contribution >= 4 is 37.5 Å². The molecule has 3 rings (SSSR count). The number of nitrogens with one attached hydrogen (secondary N) is 1. The number of nitrogens with zero attached hydrogens (tertiary/aromatic N) is 1. The van der Waals surface area contributed by atoms with Crippen LogP contribution in [0.5, 0.6) is 0 Å². The number of carbonyl (C=O) groups is 1. The van der Waals surface area contributed by atoms with Crippen LogP contribution < -0.4 is 4.72 Å². The highest BCUT2D eigenvalue weighted by Gasteiger charge is 2.26. The minimum Gasteiger partial charge on any atom is -0.380 e. The topological polar surface area (TPSA) is 75.7 Å². The molecule has 2 heterocycles. The maximum Gasteiger partial charge on any atom is 0.304 e. The molecule has 1 N–H and O–H groups in total. The molecule has 1 saturated heterocycles. The summed E-state index contributed by atoms with van der Waals surface area (Å²) >= 11 is 0.893. The molecule has 0 bridgehead atoms. The van der Waals surface area contributed by atoms with Crippen LogP contribution in [0, 0.1) is 11.6 Å². The van der Waals surface area contributed by atoms with Crippen molar-refractivity contribution in [2.75, 3.05) is 26.3 Å². The Morgan fingerprint density at radius 2 is 2.04 bits per heavy atom. The highest BCUT2D eigenvalue weighted by atomic mass is 32.2. The van der Waals surface area contributed by atoms with E-state index >= 15 is 0 Å². The molecule has 130 valence electrons. The van der Waals surface area contributed by atoms with Gasteiger partial charge in [0.2, 0.25) is 0 Å². The number of hydrogen-bond acceptors (Lipinski definition) is 5. The van der Waals surface area contributed by atoms with Crippen molar-refractivity contribution in [1.82, 2.24) is 9.03 Å². The van der Waals surface area contributed by atoms with Crippen LogP contribution in [0.3, 0.4) is 0 Å². The number of fused-ring (bicyclic) bond motifs is 1. The van der Waals surface area contributed by atoms with Gasteiger partial charge in [-0.1, -0.05) is 0 Å². The van der Waals surface area contributed by atoms with Gasteiger partial charge in [-0.2, -0.15) is 12.7 Å². The van der Waals surface area contributed by atoms with Gasteiger partial charge in [0, 0.05) is 29.8 Å². The summed E-state index contributed by atoms with van der Waals surface area (Å²) in [4.78, 5) is 12.2. The second kappa shape index (κ2) is 6.71. The maximum absolute atomic E-state index is 13.7. The molecule has 1 aliphatic heterocycles. The van der Waals surface area contributed by atoms with Crippen molar-refractivity contribution in [2.24, 2.45) is 0 Å². The molecule has 1 aromatic heterocycles. The van der Waals surface area contributed by atoms with Gasteiger partial charge in [0.05, 0.1) is 11.5 Å². The van der Waals surface area contributed by atoms with Gasteiger partial charge < -0.3 is 4.74 Å². The van der Waals surface area contributed by atoms with E-state index < -0.39 is 27.8 Å². The molecule has 10 heteroatoms. The van der Waals surface area contributed by atoms with E-state index in [1.807, 2.05) is 4.72 Å². The Kier molecular flexibility index (Phi) is 4.81. The van der Waals surface area contributed by atoms with Gasteiger partial charge in [0.15, 0.2) is 11.6 Å². The largest absolute Gasteiger partial charge is 0.380 e. The predicted octanol–water partition coefficient (Wildman–Crippen LogP) is 1.88. The summed E-state index contributed by atoms with van der Waals surface area (Å²) < 4.78 is 60.1. The zero-order valence-electron chi connectivity index (χ0n) is 12.4. The summed E-state index contributed by atoms with van der Waals surface area (Å²) in [6, 6.07) is 3.45. The van der Waals surface area contributed by atoms with E-state index in [1.54, 1.807) is 0 Å². The Hall–Kier alpha value is -1.62. The number of rotatable bonds is 3. The third-order valence-corrected chi connectivity index (χ3v) is 6.14. The van der Waals surface area contributed by atoms with Crippen LogP contribution in [-0.2, 0) is 14.9 Å². The van der Waals surface area contributed by atoms with E-state index in [4.69, 9.17) is 4.74 Å². The van der Waals surface area contributed by atoms with Crippen molar-refractivity contribution in [3.63, 3.8) is 0 Å². The summed E-state index contributed by atoms with van der Waals surface area (Å²) in [7, 11) is -4.02. The number of carbonyl (C=O) groups excluding carboxylic acids is 1. The van der Waals surface area contributed by atoms with Crippen LogP contribution in [0.15, 0.2) is 18.2 Å². The maximum atomic E-state index is 13.7. The van der Waals surface area contributed by atoms with E-state index in [0.29, 0.717) is 17.7 Å². The fourth-order valence-corrected chi connectivity index (χ4v) is 4.53. The number of thiophene rings is 1. The number of amides is 1. The van der Waals surface area contributed by atoms with Crippen LogP contribution in [0.25, 0.3) is 10.1 Å². The second-order valence-electron chi connectivity index (χ2n) is 5.19. The predicted molar refractivity (Wildman–Crippen MR) is 85.1 cm³/mol. The third kappa shape index (κ3) is 3.41. The van der Waals surface area contributed by atoms with Gasteiger partial charge in [-0.25, -0.2) is 13.5 Å². The van der Waals surface area contributed by atoms with E-state index in [9.17, 15) is 22.0 Å². The van der Waals surface area contributed by atoms with Crippen molar-refractivity contribution in [1.29, 1.82) is 0 Å². The number of benzene rings is 1. The lowest BCUT2D eigenvalue weighted by atomic mass is 10.2. The Labute approximate surface area is 141 Å². The molecular weight excluding hydrogens is 362 g/mol. The molecule has 0 spiro atoms. The lowest BCUT2D eigenvalue weighted by molar-refractivity contribution is 0.0982. The number of halogens is 2. The van der Waals surface area contributed by atoms with Gasteiger partial charge in [-0.15, -0.1) is 11.3 Å². The zero-order valence-corrected chi connectivity index (χ0v) is 14.1. The van der Waals surface area contributed by atoms with Crippen LogP contribution in [0.2, 0.25) is 0 Å². The standard InChI is InChI=1S/C14H14F2N2O4S2/c15-10-2-3-11-9(13(10)16)8-12(23-11)14(19)17-24(20,21)18-4-1-6-22-7-5-18/h2-3,8H,1,4-7H2,(H,17,19). The highest BCUT2D eigenvalue weighted by molar-refractivity contribution is 7.87. The molecule has 24 heavy (non-hydrogen) atoms. The highest BCUT2D eigenvalue weighted by Crippen LogP contribution is 2.29. The van der Waals surface area contributed by atoms with E-state index in [1.165, 1.54) is 6.07 Å². The Morgan fingerprint density at radius 3 is 2.83 bits per heavy atom. The Bertz CT molecular complexity index is 874. The minimum absolute atomic E-state index is 0.0100. The quantitative estimate of drug-likeness (QED) is 0.888. The van der Waals surface area contributed by atoms with Crippen molar-refractivity contribution in [3.8, 4) is 0 Å². The molecule has 0 saturated carbocycles. The molecule has 1 fully saturated rings. The van der Waals surface area contributed by atoms with Crippen LogP contribution >= 0.6 is 11.3 Å². The van der Waals surface area contributed by atoms with Gasteiger partial charge in [-0.05, 0) is 24.6 Å². The normalized spacial score (nSPS) is 16.9. The number of ether oxygens (including phenoxy) is 1. The molecule has 1 aliphatic rings. The Morgan fingerprint density at radius 1 is 1.25 bits per heavy atom. The summed E-state index contributed by atoms with van der Waals surface area (Å²) in [6.45, 7) is 1.10. The fraction of sp³-hybridized carbons (Fsp3) is 0.357. The first-order valence-corrected chi connectivity index (χ1v) is 9.41. The first-order valence-electron chi connectivity index (χ1n) is 7.16. The molecule has 1 amide bonds. The number of hydrogen-bond donors (Lipinski definition) is 1. The fourth-order valence-electron chi connectivity index (χ4n) is 2.36. The first-order chi connectivity index (χ1) is 11.4. The molecule has 6 nitrogen and oxygen atoms in total. The van der Waals surface area contributed by atoms with E-state index in [2.05, 4.69) is 0 Å². The lowest BCUT2D eigenvalue weighted by Crippen LogP contribution is -2.44. The molecule has 2 aromatic rings. The Balaban J connectivity index is 1.82. The van der Waals surface area contributed by atoms with Gasteiger partial charge >= 0.3 is 10.2 Å². The van der Waals surface area contributed by atoms with Gasteiger partial charge in [0.25, 0.3) is 5.91 Å². The first kappa shape index (κ1) is 17.2. The lowest BCUT2D eigenvalue weighted by Gasteiger charge is -2.19. The molecule has 0 atom stereocenters. The zero-order chi connectivity index (χ0) is 17.3. The van der Waals surface area contributed by atoms with Crippen LogP contribution in [0.1, 0.15) is 16.1 Å². The van der Waals surface area contributed by atoms with E-state index in [0.717, 1.165) is 27.8 Å².